The summed E-state index contributed by atoms with van der Waals surface area (Å²) < 4.78 is 16.5. The summed E-state index contributed by atoms with van der Waals surface area (Å²) in [6, 6.07) is 21.3. The van der Waals surface area contributed by atoms with E-state index in [9.17, 15) is 9.59 Å². The van der Waals surface area contributed by atoms with Crippen LogP contribution in [-0.2, 0) is 4.79 Å². The molecule has 0 fully saturated rings. The van der Waals surface area contributed by atoms with Crippen molar-refractivity contribution in [3.05, 3.63) is 89.5 Å². The van der Waals surface area contributed by atoms with Crippen molar-refractivity contribution in [3.8, 4) is 17.2 Å². The fourth-order valence-electron chi connectivity index (χ4n) is 3.12. The van der Waals surface area contributed by atoms with Crippen LogP contribution in [0.15, 0.2) is 77.9 Å². The Bertz CT molecular complexity index is 1140. The number of nitrogens with one attached hydrogen (secondary N) is 1. The molecular weight excluding hydrogens is 456 g/mol. The number of carbonyl (C=O) groups is 2. The maximum Gasteiger partial charge on any atom is 0.343 e. The van der Waals surface area contributed by atoms with E-state index in [1.165, 1.54) is 11.8 Å². The highest BCUT2D eigenvalue weighted by molar-refractivity contribution is 5.91. The van der Waals surface area contributed by atoms with Crippen molar-refractivity contribution < 1.29 is 23.8 Å². The van der Waals surface area contributed by atoms with E-state index in [4.69, 9.17) is 14.2 Å². The van der Waals surface area contributed by atoms with Crippen molar-refractivity contribution >= 4 is 18.1 Å². The van der Waals surface area contributed by atoms with Gasteiger partial charge >= 0.3 is 5.97 Å². The Balaban J connectivity index is 1.42. The zero-order valence-corrected chi connectivity index (χ0v) is 20.9. The minimum Gasteiger partial charge on any atom is -0.494 e. The molecule has 0 aliphatic rings. The molecule has 1 N–H and O–H groups in total. The minimum absolute atomic E-state index is 0.140. The molecule has 0 aromatic heterocycles. The average molecular weight is 489 g/mol. The highest BCUT2D eigenvalue weighted by Crippen LogP contribution is 2.19. The molecule has 0 aliphatic heterocycles. The fraction of sp³-hybridized carbons (Fsp3) is 0.276. The van der Waals surface area contributed by atoms with Crippen molar-refractivity contribution in [2.24, 2.45) is 5.10 Å². The highest BCUT2D eigenvalue weighted by atomic mass is 16.5. The number of carbonyl (C=O) groups excluding carboxylic acids is 2. The molecule has 0 saturated heterocycles. The maximum absolute atomic E-state index is 12.4. The Labute approximate surface area is 212 Å². The van der Waals surface area contributed by atoms with E-state index in [-0.39, 0.29) is 12.5 Å². The highest BCUT2D eigenvalue weighted by Gasteiger charge is 2.09. The normalized spacial score (nSPS) is 10.9. The molecule has 0 bridgehead atoms. The van der Waals surface area contributed by atoms with Crippen LogP contribution in [0.25, 0.3) is 0 Å². The first-order chi connectivity index (χ1) is 17.4. The maximum atomic E-state index is 12.4. The number of hydrogen-bond donors (Lipinski definition) is 1. The first-order valence-corrected chi connectivity index (χ1v) is 12.0. The van der Waals surface area contributed by atoms with Crippen LogP contribution in [-0.4, -0.2) is 31.3 Å². The van der Waals surface area contributed by atoms with E-state index < -0.39 is 5.97 Å². The predicted octanol–water partition coefficient (Wildman–Crippen LogP) is 5.74. The SMILES string of the molecule is CCCCOc1ccc(C(=O)Oc2ccc(/C=N\NC(=O)COc3ccc(C(C)C)cc3)cc2)cc1. The van der Waals surface area contributed by atoms with Gasteiger partial charge in [-0.2, -0.15) is 5.10 Å². The zero-order chi connectivity index (χ0) is 25.8. The number of esters is 1. The van der Waals surface area contributed by atoms with Gasteiger partial charge in [0.1, 0.15) is 17.2 Å². The van der Waals surface area contributed by atoms with Crippen molar-refractivity contribution in [3.63, 3.8) is 0 Å². The molecule has 3 aromatic carbocycles. The van der Waals surface area contributed by atoms with Gasteiger partial charge in [0.15, 0.2) is 6.61 Å². The molecule has 7 nitrogen and oxygen atoms in total. The Morgan fingerprint density at radius 2 is 1.47 bits per heavy atom. The van der Waals surface area contributed by atoms with Gasteiger partial charge in [-0.15, -0.1) is 0 Å². The van der Waals surface area contributed by atoms with Gasteiger partial charge < -0.3 is 14.2 Å². The molecule has 1 amide bonds. The molecule has 0 radical (unpaired) electrons. The standard InChI is InChI=1S/C29H32N2O5/c1-4-5-18-34-25-16-10-24(11-17-25)29(33)36-27-12-6-22(7-13-27)19-30-31-28(32)20-35-26-14-8-23(9-15-26)21(2)3/h6-17,19,21H,4-5,18,20H2,1-3H3,(H,31,32)/b30-19-. The van der Waals surface area contributed by atoms with Crippen LogP contribution in [0.4, 0.5) is 0 Å². The lowest BCUT2D eigenvalue weighted by molar-refractivity contribution is -0.123. The van der Waals surface area contributed by atoms with Gasteiger partial charge in [0.2, 0.25) is 0 Å². The van der Waals surface area contributed by atoms with E-state index in [1.807, 2.05) is 24.3 Å². The molecule has 0 spiro atoms. The number of nitrogens with zero attached hydrogens (tertiary/aromatic N) is 1. The van der Waals surface area contributed by atoms with Crippen molar-refractivity contribution in [2.45, 2.75) is 39.5 Å². The van der Waals surface area contributed by atoms with Crippen LogP contribution in [0.3, 0.4) is 0 Å². The van der Waals surface area contributed by atoms with Gasteiger partial charge in [-0.05, 0) is 84.1 Å². The van der Waals surface area contributed by atoms with E-state index in [0.29, 0.717) is 29.6 Å². The van der Waals surface area contributed by atoms with E-state index in [1.54, 1.807) is 48.5 Å². The molecule has 0 heterocycles. The molecule has 188 valence electrons. The Kier molecular flexibility index (Phi) is 10.1. The summed E-state index contributed by atoms with van der Waals surface area (Å²) in [6.45, 7) is 6.85. The number of hydrazone groups is 1. The van der Waals surface area contributed by atoms with Crippen LogP contribution < -0.4 is 19.6 Å². The molecule has 0 saturated carbocycles. The minimum atomic E-state index is -0.456. The monoisotopic (exact) mass is 488 g/mol. The van der Waals surface area contributed by atoms with Gasteiger partial charge in [0.25, 0.3) is 5.91 Å². The molecular formula is C29H32N2O5. The number of ether oxygens (including phenoxy) is 3. The van der Waals surface area contributed by atoms with E-state index in [2.05, 4.69) is 31.3 Å². The lowest BCUT2D eigenvalue weighted by Crippen LogP contribution is -2.24. The Hall–Kier alpha value is -4.13. The fourth-order valence-corrected chi connectivity index (χ4v) is 3.12. The topological polar surface area (TPSA) is 86.2 Å². The van der Waals surface area contributed by atoms with E-state index >= 15 is 0 Å². The zero-order valence-electron chi connectivity index (χ0n) is 20.9. The summed E-state index contributed by atoms with van der Waals surface area (Å²) in [4.78, 5) is 24.3. The Morgan fingerprint density at radius 3 is 2.11 bits per heavy atom. The summed E-state index contributed by atoms with van der Waals surface area (Å²) in [7, 11) is 0. The lowest BCUT2D eigenvalue weighted by atomic mass is 10.0. The third-order valence-electron chi connectivity index (χ3n) is 5.27. The van der Waals surface area contributed by atoms with Crippen LogP contribution in [0, 0.1) is 0 Å². The number of unbranched alkanes of at least 4 members (excludes halogenated alkanes) is 1. The van der Waals surface area contributed by atoms with Gasteiger partial charge in [-0.25, -0.2) is 10.2 Å². The van der Waals surface area contributed by atoms with Crippen LogP contribution in [0.2, 0.25) is 0 Å². The van der Waals surface area contributed by atoms with Crippen molar-refractivity contribution in [2.75, 3.05) is 13.2 Å². The first kappa shape index (κ1) is 26.5. The van der Waals surface area contributed by atoms with Crippen molar-refractivity contribution in [1.29, 1.82) is 0 Å². The number of rotatable bonds is 12. The molecule has 7 heteroatoms. The average Bonchev–Trinajstić information content (AvgIpc) is 2.89. The summed E-state index contributed by atoms with van der Waals surface area (Å²) in [5.74, 6) is 1.36. The summed E-state index contributed by atoms with van der Waals surface area (Å²) in [5.41, 5.74) is 4.80. The van der Waals surface area contributed by atoms with Gasteiger partial charge in [-0.1, -0.05) is 39.3 Å². The van der Waals surface area contributed by atoms with Gasteiger partial charge in [-0.3, -0.25) is 4.79 Å². The summed E-state index contributed by atoms with van der Waals surface area (Å²) >= 11 is 0. The lowest BCUT2D eigenvalue weighted by Gasteiger charge is -2.08. The molecule has 36 heavy (non-hydrogen) atoms. The molecule has 0 aliphatic carbocycles. The third-order valence-corrected chi connectivity index (χ3v) is 5.27. The molecule has 3 aromatic rings. The molecule has 0 atom stereocenters. The van der Waals surface area contributed by atoms with Gasteiger partial charge in [0.05, 0.1) is 18.4 Å². The predicted molar refractivity (Wildman–Crippen MR) is 140 cm³/mol. The third kappa shape index (κ3) is 8.58. The Morgan fingerprint density at radius 1 is 0.861 bits per heavy atom. The second kappa shape index (κ2) is 13.7. The molecule has 0 unspecified atom stereocenters. The first-order valence-electron chi connectivity index (χ1n) is 12.0. The van der Waals surface area contributed by atoms with Gasteiger partial charge in [0, 0.05) is 0 Å². The number of amides is 1. The van der Waals surface area contributed by atoms with Crippen LogP contribution in [0.1, 0.15) is 61.0 Å². The van der Waals surface area contributed by atoms with E-state index in [0.717, 1.165) is 24.2 Å². The summed E-state index contributed by atoms with van der Waals surface area (Å²) in [6.07, 6.45) is 3.55. The quantitative estimate of drug-likeness (QED) is 0.116. The second-order valence-corrected chi connectivity index (χ2v) is 8.49. The largest absolute Gasteiger partial charge is 0.494 e. The number of hydrogen-bond acceptors (Lipinski definition) is 6. The summed E-state index contributed by atoms with van der Waals surface area (Å²) in [5, 5.41) is 3.94. The second-order valence-electron chi connectivity index (χ2n) is 8.49. The van der Waals surface area contributed by atoms with Crippen LogP contribution in [0.5, 0.6) is 17.2 Å². The van der Waals surface area contributed by atoms with Crippen molar-refractivity contribution in [1.82, 2.24) is 5.43 Å². The smallest absolute Gasteiger partial charge is 0.343 e. The van der Waals surface area contributed by atoms with Crippen LogP contribution >= 0.6 is 0 Å². The molecule has 3 rings (SSSR count). The number of benzene rings is 3.